The summed E-state index contributed by atoms with van der Waals surface area (Å²) in [4.78, 5) is 42.8. The molecule has 1 aromatic heterocycles. The van der Waals surface area contributed by atoms with Crippen LogP contribution < -0.4 is 15.4 Å². The third kappa shape index (κ3) is 11.9. The van der Waals surface area contributed by atoms with Gasteiger partial charge in [0.25, 0.3) is 0 Å². The number of epoxide rings is 1. The molecule has 2 amide bonds. The van der Waals surface area contributed by atoms with Crippen LogP contribution in [0.25, 0.3) is 0 Å². The fraction of sp³-hybridized carbons (Fsp3) is 0.568. The number of aromatic nitrogens is 4. The summed E-state index contributed by atoms with van der Waals surface area (Å²) in [6.45, 7) is 5.39. The van der Waals surface area contributed by atoms with Crippen molar-refractivity contribution in [2.75, 3.05) is 40.0 Å². The third-order valence-corrected chi connectivity index (χ3v) is 10.7. The van der Waals surface area contributed by atoms with Crippen LogP contribution in [0.15, 0.2) is 64.6 Å². The van der Waals surface area contributed by atoms with Crippen LogP contribution in [0.1, 0.15) is 58.8 Å². The number of hydrogen-bond donors (Lipinski definition) is 2. The Labute approximate surface area is 320 Å². The van der Waals surface area contributed by atoms with Crippen LogP contribution in [-0.4, -0.2) is 113 Å². The second-order valence-corrected chi connectivity index (χ2v) is 14.8. The fourth-order valence-electron chi connectivity index (χ4n) is 6.10. The van der Waals surface area contributed by atoms with Crippen molar-refractivity contribution in [3.8, 4) is 5.75 Å². The zero-order valence-electron chi connectivity index (χ0n) is 30.6. The van der Waals surface area contributed by atoms with Gasteiger partial charge in [0.05, 0.1) is 44.6 Å². The lowest BCUT2D eigenvalue weighted by molar-refractivity contribution is -0.153. The SMILES string of the molecule is CNC(C)C(=O)NC(C(=O)N1CCCC1Cn1nnnc1Sc1ccccc1)C(C)OCCOC(=O)[C@]1(CCCCCCOc2ccc(Cl)cc2)CO1. The summed E-state index contributed by atoms with van der Waals surface area (Å²) < 4.78 is 24.6. The molecule has 3 heterocycles. The minimum atomic E-state index is -0.962. The van der Waals surface area contributed by atoms with E-state index < -0.39 is 29.8 Å². The highest BCUT2D eigenvalue weighted by Gasteiger charge is 2.53. The molecule has 2 N–H and O–H groups in total. The second kappa shape index (κ2) is 20.1. The van der Waals surface area contributed by atoms with Gasteiger partial charge < -0.3 is 34.5 Å². The number of nitrogens with one attached hydrogen (secondary N) is 2. The molecule has 2 aliphatic heterocycles. The van der Waals surface area contributed by atoms with Crippen molar-refractivity contribution in [3.05, 3.63) is 59.6 Å². The minimum Gasteiger partial charge on any atom is -0.494 e. The van der Waals surface area contributed by atoms with Gasteiger partial charge in [-0.15, -0.1) is 5.10 Å². The van der Waals surface area contributed by atoms with Crippen LogP contribution in [0.3, 0.4) is 0 Å². The molecule has 0 bridgehead atoms. The zero-order chi connectivity index (χ0) is 37.6. The number of carbonyl (C=O) groups excluding carboxylic acids is 3. The van der Waals surface area contributed by atoms with Crippen molar-refractivity contribution in [2.45, 2.75) is 105 Å². The number of hydrogen-bond acceptors (Lipinski definition) is 12. The lowest BCUT2D eigenvalue weighted by Gasteiger charge is -2.32. The average Bonchev–Trinajstić information content (AvgIpc) is 3.61. The molecule has 0 aliphatic carbocycles. The standard InChI is InChI=1S/C37H50ClN7O7S/c1-26(39-3)33(46)40-32(34(47)44-20-11-12-29(44)24-45-36(41-42-43-45)53-31-13-7-6-8-14-31)27(2)49-22-23-51-35(48)37(25-52-37)19-9-4-5-10-21-50-30-17-15-28(38)16-18-30/h6-8,13-18,26-27,29,32,39H,4-5,9-12,19-25H2,1-3H3,(H,40,46)/t26?,27?,29?,32?,37-/m0/s1. The molecular formula is C37H50ClN7O7S. The zero-order valence-corrected chi connectivity index (χ0v) is 32.2. The number of carbonyl (C=O) groups is 3. The Morgan fingerprint density at radius 1 is 1.04 bits per heavy atom. The van der Waals surface area contributed by atoms with E-state index in [9.17, 15) is 14.4 Å². The number of nitrogens with zero attached hydrogens (tertiary/aromatic N) is 5. The summed E-state index contributed by atoms with van der Waals surface area (Å²) in [5.41, 5.74) is -0.898. The van der Waals surface area contributed by atoms with Gasteiger partial charge in [0, 0.05) is 16.5 Å². The third-order valence-electron chi connectivity index (χ3n) is 9.47. The van der Waals surface area contributed by atoms with E-state index in [0.29, 0.717) is 42.9 Å². The maximum absolute atomic E-state index is 14.1. The molecule has 5 rings (SSSR count). The van der Waals surface area contributed by atoms with Gasteiger partial charge in [-0.25, -0.2) is 9.48 Å². The summed E-state index contributed by atoms with van der Waals surface area (Å²) in [6, 6.07) is 15.5. The Kier molecular flexibility index (Phi) is 15.3. The van der Waals surface area contributed by atoms with Crippen molar-refractivity contribution < 1.29 is 33.3 Å². The molecule has 16 heteroatoms. The summed E-state index contributed by atoms with van der Waals surface area (Å²) in [5, 5.41) is 19.4. The molecule has 2 saturated heterocycles. The van der Waals surface area contributed by atoms with Crippen LogP contribution in [0, 0.1) is 0 Å². The molecule has 53 heavy (non-hydrogen) atoms. The van der Waals surface area contributed by atoms with Crippen LogP contribution in [0.4, 0.5) is 0 Å². The summed E-state index contributed by atoms with van der Waals surface area (Å²) in [6.07, 6.45) is 5.10. The molecule has 0 spiro atoms. The molecule has 4 unspecified atom stereocenters. The monoisotopic (exact) mass is 771 g/mol. The Morgan fingerprint density at radius 3 is 2.53 bits per heavy atom. The summed E-state index contributed by atoms with van der Waals surface area (Å²) in [7, 11) is 1.68. The largest absolute Gasteiger partial charge is 0.494 e. The van der Waals surface area contributed by atoms with E-state index in [-0.39, 0.29) is 31.1 Å². The first-order valence-corrected chi connectivity index (χ1v) is 19.5. The Balaban J connectivity index is 1.07. The van der Waals surface area contributed by atoms with E-state index >= 15 is 0 Å². The summed E-state index contributed by atoms with van der Waals surface area (Å²) >= 11 is 7.37. The number of rotatable bonds is 22. The topological polar surface area (TPSA) is 162 Å². The number of halogens is 1. The highest BCUT2D eigenvalue weighted by molar-refractivity contribution is 7.99. The molecular weight excluding hydrogens is 722 g/mol. The first-order chi connectivity index (χ1) is 25.7. The molecule has 14 nitrogen and oxygen atoms in total. The van der Waals surface area contributed by atoms with E-state index in [0.717, 1.165) is 49.2 Å². The van der Waals surface area contributed by atoms with Crippen molar-refractivity contribution in [1.82, 2.24) is 35.7 Å². The van der Waals surface area contributed by atoms with Crippen LogP contribution in [0.2, 0.25) is 5.02 Å². The Hall–Kier alpha value is -3.76. The smallest absolute Gasteiger partial charge is 0.340 e. The lowest BCUT2D eigenvalue weighted by atomic mass is 10.0. The summed E-state index contributed by atoms with van der Waals surface area (Å²) in [5.74, 6) is -0.189. The van der Waals surface area contributed by atoms with Gasteiger partial charge in [-0.3, -0.25) is 9.59 Å². The maximum Gasteiger partial charge on any atom is 0.340 e. The first kappa shape index (κ1) is 40.4. The van der Waals surface area contributed by atoms with E-state index in [1.165, 1.54) is 11.8 Å². The number of benzene rings is 2. The molecule has 288 valence electrons. The highest BCUT2D eigenvalue weighted by atomic mass is 35.5. The van der Waals surface area contributed by atoms with Gasteiger partial charge in [-0.05, 0) is 112 Å². The number of tetrazole rings is 1. The van der Waals surface area contributed by atoms with Crippen molar-refractivity contribution in [2.24, 2.45) is 0 Å². The van der Waals surface area contributed by atoms with Gasteiger partial charge in [0.15, 0.2) is 5.60 Å². The number of amides is 2. The second-order valence-electron chi connectivity index (χ2n) is 13.3. The van der Waals surface area contributed by atoms with Gasteiger partial charge in [0.1, 0.15) is 18.4 Å². The number of esters is 1. The van der Waals surface area contributed by atoms with E-state index in [2.05, 4.69) is 26.2 Å². The molecule has 3 aromatic rings. The minimum absolute atomic E-state index is 0.00834. The number of unbranched alkanes of at least 4 members (excludes halogenated alkanes) is 3. The Morgan fingerprint density at radius 2 is 1.79 bits per heavy atom. The Bertz CT molecular complexity index is 1610. The predicted octanol–water partition coefficient (Wildman–Crippen LogP) is 4.31. The quantitative estimate of drug-likeness (QED) is 0.0848. The van der Waals surface area contributed by atoms with Gasteiger partial charge in [-0.1, -0.05) is 42.6 Å². The number of ether oxygens (including phenoxy) is 4. The van der Waals surface area contributed by atoms with Crippen LogP contribution in [-0.2, 0) is 35.1 Å². The van der Waals surface area contributed by atoms with E-state index in [4.69, 9.17) is 30.5 Å². The normalized spacial score (nSPS) is 19.7. The van der Waals surface area contributed by atoms with Gasteiger partial charge >= 0.3 is 5.97 Å². The van der Waals surface area contributed by atoms with Gasteiger partial charge in [-0.2, -0.15) is 0 Å². The molecule has 5 atom stereocenters. The first-order valence-electron chi connectivity index (χ1n) is 18.3. The fourth-order valence-corrected chi connectivity index (χ4v) is 7.02. The molecule has 0 saturated carbocycles. The molecule has 2 fully saturated rings. The lowest BCUT2D eigenvalue weighted by Crippen LogP contribution is -2.58. The highest BCUT2D eigenvalue weighted by Crippen LogP contribution is 2.34. The average molecular weight is 772 g/mol. The van der Waals surface area contributed by atoms with E-state index in [1.54, 1.807) is 42.6 Å². The number of likely N-dealkylation sites (tertiary alicyclic amines) is 1. The maximum atomic E-state index is 14.1. The van der Waals surface area contributed by atoms with Crippen molar-refractivity contribution >= 4 is 41.1 Å². The van der Waals surface area contributed by atoms with Crippen molar-refractivity contribution in [1.29, 1.82) is 0 Å². The number of likely N-dealkylation sites (N-methyl/N-ethyl adjacent to an activating group) is 1. The van der Waals surface area contributed by atoms with Crippen LogP contribution >= 0.6 is 23.4 Å². The predicted molar refractivity (Wildman–Crippen MR) is 199 cm³/mol. The van der Waals surface area contributed by atoms with Crippen LogP contribution in [0.5, 0.6) is 5.75 Å². The molecule has 2 aromatic carbocycles. The van der Waals surface area contributed by atoms with Gasteiger partial charge in [0.2, 0.25) is 17.0 Å². The molecule has 2 aliphatic rings. The van der Waals surface area contributed by atoms with Crippen molar-refractivity contribution in [3.63, 3.8) is 0 Å². The van der Waals surface area contributed by atoms with E-state index in [1.807, 2.05) is 42.5 Å². The molecule has 0 radical (unpaired) electrons.